The highest BCUT2D eigenvalue weighted by molar-refractivity contribution is 5.46. The summed E-state index contributed by atoms with van der Waals surface area (Å²) in [6.07, 6.45) is 3.90. The third kappa shape index (κ3) is 3.72. The summed E-state index contributed by atoms with van der Waals surface area (Å²) < 4.78 is 13.0. The summed E-state index contributed by atoms with van der Waals surface area (Å²) in [5.74, 6) is -0.200. The molecule has 0 aliphatic heterocycles. The SMILES string of the molecule is CCN(CC=CCN)c1cccc(F)c1. The first kappa shape index (κ1) is 11.7. The zero-order valence-corrected chi connectivity index (χ0v) is 8.99. The molecule has 0 atom stereocenters. The lowest BCUT2D eigenvalue weighted by Crippen LogP contribution is -2.22. The van der Waals surface area contributed by atoms with Crippen LogP contribution in [-0.2, 0) is 0 Å². The number of nitrogens with two attached hydrogens (primary N) is 1. The van der Waals surface area contributed by atoms with E-state index in [1.807, 2.05) is 25.1 Å². The van der Waals surface area contributed by atoms with Crippen molar-refractivity contribution in [2.45, 2.75) is 6.92 Å². The molecule has 0 saturated carbocycles. The number of benzene rings is 1. The number of nitrogens with zero attached hydrogens (tertiary/aromatic N) is 1. The van der Waals surface area contributed by atoms with Crippen LogP contribution >= 0.6 is 0 Å². The van der Waals surface area contributed by atoms with E-state index in [4.69, 9.17) is 5.73 Å². The van der Waals surface area contributed by atoms with Gasteiger partial charge >= 0.3 is 0 Å². The molecule has 0 amide bonds. The minimum absolute atomic E-state index is 0.200. The van der Waals surface area contributed by atoms with Crippen LogP contribution in [0.3, 0.4) is 0 Å². The standard InChI is InChI=1S/C12H17FN2/c1-2-15(9-4-3-8-14)12-7-5-6-11(13)10-12/h3-7,10H,2,8-9,14H2,1H3. The Morgan fingerprint density at radius 3 is 2.80 bits per heavy atom. The molecule has 0 unspecified atom stereocenters. The van der Waals surface area contributed by atoms with Crippen LogP contribution in [0.4, 0.5) is 10.1 Å². The molecule has 1 aromatic rings. The molecule has 0 saturated heterocycles. The average molecular weight is 208 g/mol. The highest BCUT2D eigenvalue weighted by Gasteiger charge is 2.02. The number of anilines is 1. The predicted octanol–water partition coefficient (Wildman–Crippen LogP) is 2.17. The van der Waals surface area contributed by atoms with Crippen LogP contribution in [0.5, 0.6) is 0 Å². The van der Waals surface area contributed by atoms with Gasteiger partial charge in [0.05, 0.1) is 0 Å². The Morgan fingerprint density at radius 2 is 2.20 bits per heavy atom. The molecule has 0 aromatic heterocycles. The molecule has 15 heavy (non-hydrogen) atoms. The van der Waals surface area contributed by atoms with Gasteiger partial charge in [0.1, 0.15) is 5.82 Å². The minimum atomic E-state index is -0.200. The number of likely N-dealkylation sites (N-methyl/N-ethyl adjacent to an activating group) is 1. The number of rotatable bonds is 5. The first-order chi connectivity index (χ1) is 7.27. The lowest BCUT2D eigenvalue weighted by molar-refractivity contribution is 0.627. The molecule has 0 bridgehead atoms. The summed E-state index contributed by atoms with van der Waals surface area (Å²) in [4.78, 5) is 2.08. The van der Waals surface area contributed by atoms with Crippen molar-refractivity contribution >= 4 is 5.69 Å². The van der Waals surface area contributed by atoms with Crippen LogP contribution in [-0.4, -0.2) is 19.6 Å². The largest absolute Gasteiger partial charge is 0.368 e. The van der Waals surface area contributed by atoms with Crippen molar-refractivity contribution in [3.05, 3.63) is 42.2 Å². The summed E-state index contributed by atoms with van der Waals surface area (Å²) in [5.41, 5.74) is 6.26. The second kappa shape index (κ2) is 6.19. The van der Waals surface area contributed by atoms with Crippen LogP contribution < -0.4 is 10.6 Å². The summed E-state index contributed by atoms with van der Waals surface area (Å²) in [7, 11) is 0. The highest BCUT2D eigenvalue weighted by atomic mass is 19.1. The Morgan fingerprint density at radius 1 is 1.40 bits per heavy atom. The van der Waals surface area contributed by atoms with E-state index in [0.717, 1.165) is 18.8 Å². The van der Waals surface area contributed by atoms with Crippen LogP contribution in [0.1, 0.15) is 6.92 Å². The first-order valence-corrected chi connectivity index (χ1v) is 5.13. The molecule has 2 nitrogen and oxygen atoms in total. The van der Waals surface area contributed by atoms with Gasteiger partial charge in [-0.2, -0.15) is 0 Å². The fraction of sp³-hybridized carbons (Fsp3) is 0.333. The van der Waals surface area contributed by atoms with Crippen LogP contribution in [0.15, 0.2) is 36.4 Å². The predicted molar refractivity (Wildman–Crippen MR) is 62.5 cm³/mol. The summed E-state index contributed by atoms with van der Waals surface area (Å²) in [6, 6.07) is 6.62. The maximum absolute atomic E-state index is 13.0. The Labute approximate surface area is 90.2 Å². The maximum Gasteiger partial charge on any atom is 0.125 e. The normalized spacial score (nSPS) is 10.9. The molecule has 0 spiro atoms. The van der Waals surface area contributed by atoms with E-state index in [2.05, 4.69) is 4.90 Å². The van der Waals surface area contributed by atoms with Gasteiger partial charge in [0, 0.05) is 25.3 Å². The minimum Gasteiger partial charge on any atom is -0.368 e. The van der Waals surface area contributed by atoms with Crippen LogP contribution in [0.25, 0.3) is 0 Å². The van der Waals surface area contributed by atoms with Gasteiger partial charge in [-0.1, -0.05) is 18.2 Å². The van der Waals surface area contributed by atoms with Crippen molar-refractivity contribution in [3.8, 4) is 0 Å². The fourth-order valence-electron chi connectivity index (χ4n) is 1.39. The highest BCUT2D eigenvalue weighted by Crippen LogP contribution is 2.14. The number of halogens is 1. The van der Waals surface area contributed by atoms with E-state index in [-0.39, 0.29) is 5.82 Å². The van der Waals surface area contributed by atoms with Gasteiger partial charge in [-0.15, -0.1) is 0 Å². The molecular formula is C12H17FN2. The van der Waals surface area contributed by atoms with E-state index in [0.29, 0.717) is 6.54 Å². The maximum atomic E-state index is 13.0. The zero-order valence-electron chi connectivity index (χ0n) is 8.99. The molecule has 3 heteroatoms. The summed E-state index contributed by atoms with van der Waals surface area (Å²) in [5, 5.41) is 0. The van der Waals surface area contributed by atoms with Gasteiger partial charge in [0.15, 0.2) is 0 Å². The van der Waals surface area contributed by atoms with E-state index in [9.17, 15) is 4.39 Å². The molecule has 0 aliphatic carbocycles. The van der Waals surface area contributed by atoms with Gasteiger partial charge in [0.25, 0.3) is 0 Å². The van der Waals surface area contributed by atoms with Crippen LogP contribution in [0, 0.1) is 5.82 Å². The lowest BCUT2D eigenvalue weighted by Gasteiger charge is -2.21. The summed E-state index contributed by atoms with van der Waals surface area (Å²) in [6.45, 7) is 4.19. The second-order valence-electron chi connectivity index (χ2n) is 3.23. The molecule has 0 aliphatic rings. The van der Waals surface area contributed by atoms with E-state index >= 15 is 0 Å². The van der Waals surface area contributed by atoms with Crippen molar-refractivity contribution < 1.29 is 4.39 Å². The van der Waals surface area contributed by atoms with Gasteiger partial charge in [-0.3, -0.25) is 0 Å². The zero-order chi connectivity index (χ0) is 11.1. The Hall–Kier alpha value is -1.35. The third-order valence-corrected chi connectivity index (χ3v) is 2.18. The van der Waals surface area contributed by atoms with Gasteiger partial charge in [-0.05, 0) is 25.1 Å². The van der Waals surface area contributed by atoms with Crippen molar-refractivity contribution in [2.24, 2.45) is 5.73 Å². The molecule has 1 rings (SSSR count). The number of hydrogen-bond acceptors (Lipinski definition) is 2. The Bertz CT molecular complexity index is 323. The van der Waals surface area contributed by atoms with Crippen molar-refractivity contribution in [2.75, 3.05) is 24.5 Å². The molecular weight excluding hydrogens is 191 g/mol. The van der Waals surface area contributed by atoms with E-state index < -0.39 is 0 Å². The number of hydrogen-bond donors (Lipinski definition) is 1. The molecule has 0 heterocycles. The monoisotopic (exact) mass is 208 g/mol. The summed E-state index contributed by atoms with van der Waals surface area (Å²) >= 11 is 0. The van der Waals surface area contributed by atoms with Crippen LogP contribution in [0.2, 0.25) is 0 Å². The molecule has 0 fully saturated rings. The smallest absolute Gasteiger partial charge is 0.125 e. The molecule has 1 aromatic carbocycles. The first-order valence-electron chi connectivity index (χ1n) is 5.13. The Balaban J connectivity index is 2.69. The van der Waals surface area contributed by atoms with E-state index in [1.165, 1.54) is 6.07 Å². The Kier molecular flexibility index (Phi) is 4.84. The second-order valence-corrected chi connectivity index (χ2v) is 3.23. The van der Waals surface area contributed by atoms with Gasteiger partial charge in [0.2, 0.25) is 0 Å². The molecule has 2 N–H and O–H groups in total. The average Bonchev–Trinajstić information content (AvgIpc) is 2.24. The van der Waals surface area contributed by atoms with Crippen molar-refractivity contribution in [1.82, 2.24) is 0 Å². The molecule has 0 radical (unpaired) electrons. The lowest BCUT2D eigenvalue weighted by atomic mass is 10.2. The van der Waals surface area contributed by atoms with Gasteiger partial charge < -0.3 is 10.6 Å². The van der Waals surface area contributed by atoms with E-state index in [1.54, 1.807) is 12.1 Å². The fourth-order valence-corrected chi connectivity index (χ4v) is 1.39. The van der Waals surface area contributed by atoms with Crippen molar-refractivity contribution in [3.63, 3.8) is 0 Å². The quantitative estimate of drug-likeness (QED) is 0.751. The third-order valence-electron chi connectivity index (χ3n) is 2.18. The van der Waals surface area contributed by atoms with Gasteiger partial charge in [-0.25, -0.2) is 4.39 Å². The molecule has 82 valence electrons. The van der Waals surface area contributed by atoms with Crippen molar-refractivity contribution in [1.29, 1.82) is 0 Å². The topological polar surface area (TPSA) is 29.3 Å².